The van der Waals surface area contributed by atoms with E-state index in [2.05, 4.69) is 10.4 Å². The lowest BCUT2D eigenvalue weighted by Crippen LogP contribution is -2.28. The molecular weight excluding hydrogens is 102 g/mol. The van der Waals surface area contributed by atoms with Crippen LogP contribution >= 0.6 is 0 Å². The maximum absolute atomic E-state index is 3.98. The third-order valence-corrected chi connectivity index (χ3v) is 0.790. The van der Waals surface area contributed by atoms with E-state index in [0.29, 0.717) is 0 Å². The first kappa shape index (κ1) is 7.43. The van der Waals surface area contributed by atoms with Crippen molar-refractivity contribution >= 4 is 6.34 Å². The Hall–Kier alpha value is -0.570. The monoisotopic (exact) mass is 115 g/mol. The third-order valence-electron chi connectivity index (χ3n) is 0.790. The van der Waals surface area contributed by atoms with E-state index in [1.54, 1.807) is 11.3 Å². The van der Waals surface area contributed by atoms with E-state index in [0.717, 1.165) is 6.54 Å². The predicted molar refractivity (Wildman–Crippen MR) is 35.9 cm³/mol. The lowest BCUT2D eigenvalue weighted by molar-refractivity contribution is 0.421. The van der Waals surface area contributed by atoms with E-state index in [4.69, 9.17) is 0 Å². The van der Waals surface area contributed by atoms with Gasteiger partial charge in [0.2, 0.25) is 0 Å². The topological polar surface area (TPSA) is 27.6 Å². The van der Waals surface area contributed by atoms with Crippen LogP contribution in [0.25, 0.3) is 0 Å². The van der Waals surface area contributed by atoms with Crippen LogP contribution in [-0.4, -0.2) is 32.0 Å². The molecule has 0 rings (SSSR count). The van der Waals surface area contributed by atoms with Gasteiger partial charge in [0, 0.05) is 20.6 Å². The normalized spacial score (nSPS) is 10.4. The second kappa shape index (κ2) is 4.59. The summed E-state index contributed by atoms with van der Waals surface area (Å²) in [5.74, 6) is 0. The van der Waals surface area contributed by atoms with Gasteiger partial charge in [0.15, 0.2) is 0 Å². The molecule has 3 heteroatoms. The fourth-order valence-electron chi connectivity index (χ4n) is 0.262. The molecule has 48 valence electrons. The number of hydrogen-bond acceptors (Lipinski definition) is 2. The number of nitrogens with zero attached hydrogens (tertiary/aromatic N) is 2. The lowest BCUT2D eigenvalue weighted by atomic mass is 10.8. The minimum Gasteiger partial charge on any atom is -0.302 e. The molecule has 0 radical (unpaired) electrons. The predicted octanol–water partition coefficient (Wildman–Crippen LogP) is 0.101. The van der Waals surface area contributed by atoms with Crippen molar-refractivity contribution in [3.8, 4) is 0 Å². The molecule has 0 heterocycles. The molecule has 0 unspecified atom stereocenters. The lowest BCUT2D eigenvalue weighted by Gasteiger charge is -2.08. The van der Waals surface area contributed by atoms with Crippen LogP contribution in [0.3, 0.4) is 0 Å². The average molecular weight is 115 g/mol. The molecule has 0 aromatic heterocycles. The Morgan fingerprint density at radius 2 is 2.38 bits per heavy atom. The number of hydrazine groups is 1. The Labute approximate surface area is 50.4 Å². The van der Waals surface area contributed by atoms with Crippen LogP contribution in [0.4, 0.5) is 0 Å². The Kier molecular flexibility index (Phi) is 4.26. The summed E-state index contributed by atoms with van der Waals surface area (Å²) in [6.45, 7) is 2.84. The summed E-state index contributed by atoms with van der Waals surface area (Å²) in [5.41, 5.74) is 2.88. The molecule has 0 aliphatic heterocycles. The first-order chi connectivity index (χ1) is 3.81. The van der Waals surface area contributed by atoms with Crippen molar-refractivity contribution in [1.82, 2.24) is 10.4 Å². The molecule has 8 heavy (non-hydrogen) atoms. The van der Waals surface area contributed by atoms with Gasteiger partial charge in [0.05, 0.1) is 6.34 Å². The summed E-state index contributed by atoms with van der Waals surface area (Å²) < 4.78 is 0. The van der Waals surface area contributed by atoms with E-state index >= 15 is 0 Å². The van der Waals surface area contributed by atoms with Crippen LogP contribution in [-0.2, 0) is 0 Å². The average Bonchev–Trinajstić information content (AvgIpc) is 1.83. The molecule has 0 atom stereocenters. The van der Waals surface area contributed by atoms with Crippen LogP contribution in [0, 0.1) is 0 Å². The van der Waals surface area contributed by atoms with E-state index in [9.17, 15) is 0 Å². The summed E-state index contributed by atoms with van der Waals surface area (Å²) in [6, 6.07) is 0. The van der Waals surface area contributed by atoms with Crippen LogP contribution in [0.5, 0.6) is 0 Å². The number of nitrogens with one attached hydrogen (secondary N) is 1. The van der Waals surface area contributed by atoms with E-state index in [1.165, 1.54) is 0 Å². The quantitative estimate of drug-likeness (QED) is 0.321. The van der Waals surface area contributed by atoms with Crippen molar-refractivity contribution in [1.29, 1.82) is 0 Å². The molecule has 0 aliphatic rings. The molecule has 0 spiro atoms. The number of rotatable bonds is 3. The van der Waals surface area contributed by atoms with Gasteiger partial charge in [-0.1, -0.05) is 0 Å². The molecular formula is C5H13N3. The maximum Gasteiger partial charge on any atom is 0.0989 e. The molecule has 3 nitrogen and oxygen atoms in total. The summed E-state index contributed by atoms with van der Waals surface area (Å²) in [5, 5.41) is 1.80. The number of hydrogen-bond donors (Lipinski definition) is 1. The summed E-state index contributed by atoms with van der Waals surface area (Å²) in [6.07, 6.45) is 1.75. The highest BCUT2D eigenvalue weighted by Gasteiger charge is 1.77. The zero-order valence-corrected chi connectivity index (χ0v) is 5.68. The zero-order valence-electron chi connectivity index (χ0n) is 5.68. The van der Waals surface area contributed by atoms with Crippen LogP contribution in [0.2, 0.25) is 0 Å². The van der Waals surface area contributed by atoms with Crippen molar-refractivity contribution in [2.45, 2.75) is 6.92 Å². The van der Waals surface area contributed by atoms with Crippen LogP contribution < -0.4 is 5.43 Å². The highest BCUT2D eigenvalue weighted by Crippen LogP contribution is 1.66. The van der Waals surface area contributed by atoms with Crippen molar-refractivity contribution in [2.75, 3.05) is 20.6 Å². The van der Waals surface area contributed by atoms with Gasteiger partial charge in [0.1, 0.15) is 0 Å². The molecule has 0 aromatic carbocycles. The second-order valence-corrected chi connectivity index (χ2v) is 1.45. The molecule has 0 fully saturated rings. The molecule has 0 aromatic rings. The maximum atomic E-state index is 3.98. The van der Waals surface area contributed by atoms with E-state index < -0.39 is 0 Å². The van der Waals surface area contributed by atoms with Crippen molar-refractivity contribution in [2.24, 2.45) is 4.99 Å². The van der Waals surface area contributed by atoms with E-state index in [-0.39, 0.29) is 0 Å². The minimum atomic E-state index is 0.839. The summed E-state index contributed by atoms with van der Waals surface area (Å²) >= 11 is 0. The Bertz CT molecular complexity index is 70.1. The van der Waals surface area contributed by atoms with Gasteiger partial charge in [-0.05, 0) is 6.92 Å². The highest BCUT2D eigenvalue weighted by atomic mass is 15.5. The van der Waals surface area contributed by atoms with Gasteiger partial charge >= 0.3 is 0 Å². The molecule has 1 N–H and O–H groups in total. The Morgan fingerprint density at radius 3 is 2.75 bits per heavy atom. The molecule has 0 aliphatic carbocycles. The van der Waals surface area contributed by atoms with Gasteiger partial charge < -0.3 is 5.01 Å². The van der Waals surface area contributed by atoms with Crippen LogP contribution in [0.1, 0.15) is 6.92 Å². The largest absolute Gasteiger partial charge is 0.302 e. The first-order valence-corrected chi connectivity index (χ1v) is 2.71. The fraction of sp³-hybridized carbons (Fsp3) is 0.800. The summed E-state index contributed by atoms with van der Waals surface area (Å²) in [4.78, 5) is 3.98. The van der Waals surface area contributed by atoms with Crippen LogP contribution in [0.15, 0.2) is 4.99 Å². The van der Waals surface area contributed by atoms with Gasteiger partial charge in [-0.2, -0.15) is 0 Å². The highest BCUT2D eigenvalue weighted by molar-refractivity contribution is 5.53. The SMILES string of the molecule is CC/N=C\N(C)NC. The molecule has 0 bridgehead atoms. The van der Waals surface area contributed by atoms with E-state index in [1.807, 2.05) is 21.0 Å². The first-order valence-electron chi connectivity index (χ1n) is 2.71. The summed E-state index contributed by atoms with van der Waals surface area (Å²) in [7, 11) is 3.75. The molecule has 0 saturated heterocycles. The van der Waals surface area contributed by atoms with Gasteiger partial charge in [-0.25, -0.2) is 5.43 Å². The molecule has 0 amide bonds. The van der Waals surface area contributed by atoms with Gasteiger partial charge in [-0.15, -0.1) is 0 Å². The Morgan fingerprint density at radius 1 is 1.75 bits per heavy atom. The zero-order chi connectivity index (χ0) is 6.41. The van der Waals surface area contributed by atoms with Gasteiger partial charge in [0.25, 0.3) is 0 Å². The van der Waals surface area contributed by atoms with Crippen molar-refractivity contribution < 1.29 is 0 Å². The smallest absolute Gasteiger partial charge is 0.0989 e. The van der Waals surface area contributed by atoms with Gasteiger partial charge in [-0.3, -0.25) is 4.99 Å². The fourth-order valence-corrected chi connectivity index (χ4v) is 0.262. The second-order valence-electron chi connectivity index (χ2n) is 1.45. The standard InChI is InChI=1S/C5H13N3/c1-4-7-5-8(3)6-2/h5-6H,4H2,1-3H3/b7-5-. The Balaban J connectivity index is 3.21. The third kappa shape index (κ3) is 3.61. The molecule has 0 saturated carbocycles. The minimum absolute atomic E-state index is 0.839. The number of aliphatic imine (C=N–C) groups is 1. The van der Waals surface area contributed by atoms with Crippen molar-refractivity contribution in [3.63, 3.8) is 0 Å². The van der Waals surface area contributed by atoms with Crippen molar-refractivity contribution in [3.05, 3.63) is 0 Å².